The van der Waals surface area contributed by atoms with Crippen molar-refractivity contribution >= 4 is 0 Å². The van der Waals surface area contributed by atoms with Gasteiger partial charge in [-0.1, -0.05) is 48.5 Å². The van der Waals surface area contributed by atoms with Gasteiger partial charge in [-0.15, -0.1) is 6.58 Å². The first kappa shape index (κ1) is 18.2. The number of hydrogen-bond acceptors (Lipinski definition) is 3. The van der Waals surface area contributed by atoms with Gasteiger partial charge in [0, 0.05) is 5.92 Å². The molecule has 3 nitrogen and oxygen atoms in total. The van der Waals surface area contributed by atoms with Crippen LogP contribution in [-0.4, -0.2) is 24.4 Å². The Hall–Kier alpha value is -2.10. The van der Waals surface area contributed by atoms with Gasteiger partial charge in [-0.25, -0.2) is 0 Å². The van der Waals surface area contributed by atoms with Crippen LogP contribution >= 0.6 is 0 Å². The van der Waals surface area contributed by atoms with Crippen LogP contribution in [0.1, 0.15) is 18.1 Å². The van der Waals surface area contributed by atoms with Crippen molar-refractivity contribution in [3.63, 3.8) is 0 Å². The van der Waals surface area contributed by atoms with Gasteiger partial charge in [-0.2, -0.15) is 0 Å². The SMILES string of the molecule is C=C[C@H](O)[C@@H](Cc1ccccc1)C(C)OCc1ccc(OC)cc1. The first-order chi connectivity index (χ1) is 11.6. The maximum Gasteiger partial charge on any atom is 0.118 e. The number of aliphatic hydroxyl groups is 1. The zero-order valence-corrected chi connectivity index (χ0v) is 14.4. The van der Waals surface area contributed by atoms with Gasteiger partial charge >= 0.3 is 0 Å². The predicted molar refractivity (Wildman–Crippen MR) is 97.1 cm³/mol. The van der Waals surface area contributed by atoms with E-state index in [1.165, 1.54) is 5.56 Å². The predicted octanol–water partition coefficient (Wildman–Crippen LogP) is 4.01. The summed E-state index contributed by atoms with van der Waals surface area (Å²) in [5, 5.41) is 10.3. The number of rotatable bonds is 9. The summed E-state index contributed by atoms with van der Waals surface area (Å²) in [6.07, 6.45) is 1.63. The van der Waals surface area contributed by atoms with Crippen LogP contribution in [0.5, 0.6) is 5.75 Å². The molecular formula is C21H26O3. The average molecular weight is 326 g/mol. The second kappa shape index (κ2) is 9.26. The molecule has 1 unspecified atom stereocenters. The molecule has 0 aliphatic carbocycles. The molecule has 0 spiro atoms. The molecule has 2 aromatic rings. The molecule has 0 aliphatic heterocycles. The van der Waals surface area contributed by atoms with Crippen molar-refractivity contribution in [1.82, 2.24) is 0 Å². The fraction of sp³-hybridized carbons (Fsp3) is 0.333. The Labute approximate surface area is 144 Å². The molecular weight excluding hydrogens is 300 g/mol. The maximum atomic E-state index is 10.3. The highest BCUT2D eigenvalue weighted by Crippen LogP contribution is 2.21. The molecule has 0 aliphatic rings. The van der Waals surface area contributed by atoms with Crippen molar-refractivity contribution < 1.29 is 14.6 Å². The van der Waals surface area contributed by atoms with Gasteiger partial charge in [0.05, 0.1) is 25.9 Å². The van der Waals surface area contributed by atoms with Crippen molar-refractivity contribution in [3.05, 3.63) is 78.4 Å². The fourth-order valence-electron chi connectivity index (χ4n) is 2.70. The largest absolute Gasteiger partial charge is 0.497 e. The van der Waals surface area contributed by atoms with Gasteiger partial charge in [-0.05, 0) is 36.6 Å². The van der Waals surface area contributed by atoms with Crippen LogP contribution in [0, 0.1) is 5.92 Å². The number of aliphatic hydroxyl groups excluding tert-OH is 1. The third-order valence-electron chi connectivity index (χ3n) is 4.27. The van der Waals surface area contributed by atoms with Gasteiger partial charge in [0.2, 0.25) is 0 Å². The summed E-state index contributed by atoms with van der Waals surface area (Å²) in [6.45, 7) is 6.23. The summed E-state index contributed by atoms with van der Waals surface area (Å²) in [6, 6.07) is 18.0. The van der Waals surface area contributed by atoms with Crippen LogP contribution in [0.25, 0.3) is 0 Å². The van der Waals surface area contributed by atoms with E-state index in [0.29, 0.717) is 6.61 Å². The minimum atomic E-state index is -0.601. The topological polar surface area (TPSA) is 38.7 Å². The average Bonchev–Trinajstić information content (AvgIpc) is 2.64. The molecule has 0 fully saturated rings. The van der Waals surface area contributed by atoms with Crippen LogP contribution in [0.15, 0.2) is 67.3 Å². The highest BCUT2D eigenvalue weighted by Gasteiger charge is 2.24. The second-order valence-corrected chi connectivity index (χ2v) is 5.94. The normalized spacial score (nSPS) is 14.6. The van der Waals surface area contributed by atoms with E-state index in [1.807, 2.05) is 49.4 Å². The van der Waals surface area contributed by atoms with E-state index in [4.69, 9.17) is 9.47 Å². The maximum absolute atomic E-state index is 10.3. The van der Waals surface area contributed by atoms with Gasteiger partial charge in [0.15, 0.2) is 0 Å². The minimum absolute atomic E-state index is 0.0388. The van der Waals surface area contributed by atoms with Crippen molar-refractivity contribution in [2.24, 2.45) is 5.92 Å². The molecule has 24 heavy (non-hydrogen) atoms. The van der Waals surface area contributed by atoms with E-state index < -0.39 is 6.10 Å². The standard InChI is InChI=1S/C21H26O3/c1-4-21(22)20(14-17-8-6-5-7-9-17)16(2)24-15-18-10-12-19(23-3)13-11-18/h4-13,16,20-22H,1,14-15H2,2-3H3/t16?,20-,21-/m0/s1. The van der Waals surface area contributed by atoms with Crippen molar-refractivity contribution in [3.8, 4) is 5.75 Å². The molecule has 2 aromatic carbocycles. The summed E-state index contributed by atoms with van der Waals surface area (Å²) in [7, 11) is 1.65. The first-order valence-electron chi connectivity index (χ1n) is 8.23. The molecule has 0 saturated heterocycles. The Kier molecular flexibility index (Phi) is 7.04. The van der Waals surface area contributed by atoms with E-state index in [-0.39, 0.29) is 12.0 Å². The summed E-state index contributed by atoms with van der Waals surface area (Å²) >= 11 is 0. The zero-order chi connectivity index (χ0) is 17.4. The molecule has 128 valence electrons. The Morgan fingerprint density at radius 2 is 1.71 bits per heavy atom. The Bertz CT molecular complexity index is 607. The van der Waals surface area contributed by atoms with Gasteiger partial charge in [-0.3, -0.25) is 0 Å². The highest BCUT2D eigenvalue weighted by atomic mass is 16.5. The van der Waals surface area contributed by atoms with E-state index in [0.717, 1.165) is 17.7 Å². The Balaban J connectivity index is 1.98. The van der Waals surface area contributed by atoms with E-state index in [2.05, 4.69) is 18.7 Å². The number of ether oxygens (including phenoxy) is 2. The quantitative estimate of drug-likeness (QED) is 0.708. The molecule has 0 radical (unpaired) electrons. The molecule has 0 bridgehead atoms. The monoisotopic (exact) mass is 326 g/mol. The van der Waals surface area contributed by atoms with Crippen molar-refractivity contribution in [2.75, 3.05) is 7.11 Å². The molecule has 0 heterocycles. The van der Waals surface area contributed by atoms with Gasteiger partial charge in [0.1, 0.15) is 5.75 Å². The lowest BCUT2D eigenvalue weighted by Crippen LogP contribution is -2.32. The third kappa shape index (κ3) is 5.22. The number of methoxy groups -OCH3 is 1. The van der Waals surface area contributed by atoms with Crippen LogP contribution < -0.4 is 4.74 Å². The van der Waals surface area contributed by atoms with E-state index >= 15 is 0 Å². The molecule has 0 amide bonds. The van der Waals surface area contributed by atoms with E-state index in [9.17, 15) is 5.11 Å². The Morgan fingerprint density at radius 3 is 2.29 bits per heavy atom. The molecule has 3 heteroatoms. The summed E-state index contributed by atoms with van der Waals surface area (Å²) in [4.78, 5) is 0. The molecule has 3 atom stereocenters. The first-order valence-corrected chi connectivity index (χ1v) is 8.23. The van der Waals surface area contributed by atoms with Crippen molar-refractivity contribution in [1.29, 1.82) is 0 Å². The van der Waals surface area contributed by atoms with Crippen molar-refractivity contribution in [2.45, 2.75) is 32.2 Å². The summed E-state index contributed by atoms with van der Waals surface area (Å²) in [5.41, 5.74) is 2.26. The third-order valence-corrected chi connectivity index (χ3v) is 4.27. The van der Waals surface area contributed by atoms with Gasteiger partial charge in [0.25, 0.3) is 0 Å². The lowest BCUT2D eigenvalue weighted by molar-refractivity contribution is -0.0218. The smallest absolute Gasteiger partial charge is 0.118 e. The number of benzene rings is 2. The molecule has 0 saturated carbocycles. The fourth-order valence-corrected chi connectivity index (χ4v) is 2.70. The number of hydrogen-bond donors (Lipinski definition) is 1. The lowest BCUT2D eigenvalue weighted by atomic mass is 9.89. The van der Waals surface area contributed by atoms with Crippen LogP contribution in [0.2, 0.25) is 0 Å². The van der Waals surface area contributed by atoms with Crippen LogP contribution in [-0.2, 0) is 17.8 Å². The molecule has 1 N–H and O–H groups in total. The van der Waals surface area contributed by atoms with E-state index in [1.54, 1.807) is 13.2 Å². The second-order valence-electron chi connectivity index (χ2n) is 5.94. The van der Waals surface area contributed by atoms with Crippen LogP contribution in [0.3, 0.4) is 0 Å². The Morgan fingerprint density at radius 1 is 1.04 bits per heavy atom. The lowest BCUT2D eigenvalue weighted by Gasteiger charge is -2.27. The zero-order valence-electron chi connectivity index (χ0n) is 14.4. The summed E-state index contributed by atoms with van der Waals surface area (Å²) < 4.78 is 11.2. The highest BCUT2D eigenvalue weighted by molar-refractivity contribution is 5.26. The molecule has 0 aromatic heterocycles. The van der Waals surface area contributed by atoms with Crippen LogP contribution in [0.4, 0.5) is 0 Å². The van der Waals surface area contributed by atoms with Gasteiger partial charge < -0.3 is 14.6 Å². The summed E-state index contributed by atoms with van der Waals surface area (Å²) in [5.74, 6) is 0.791. The minimum Gasteiger partial charge on any atom is -0.497 e. The molecule has 2 rings (SSSR count).